The van der Waals surface area contributed by atoms with Crippen LogP contribution in [0.25, 0.3) is 0 Å². The van der Waals surface area contributed by atoms with Crippen molar-refractivity contribution in [1.82, 2.24) is 4.90 Å². The monoisotopic (exact) mass is 260 g/mol. The van der Waals surface area contributed by atoms with Crippen LogP contribution in [-0.2, 0) is 9.59 Å². The Morgan fingerprint density at radius 3 is 2.58 bits per heavy atom. The zero-order chi connectivity index (χ0) is 13.7. The van der Waals surface area contributed by atoms with Crippen molar-refractivity contribution < 1.29 is 9.59 Å². The molecule has 0 atom stereocenters. The molecular weight excluding hydrogens is 240 g/mol. The molecule has 0 saturated carbocycles. The van der Waals surface area contributed by atoms with E-state index in [1.807, 2.05) is 42.2 Å². The molecule has 4 heteroatoms. The van der Waals surface area contributed by atoms with E-state index in [0.717, 1.165) is 12.1 Å². The zero-order valence-electron chi connectivity index (χ0n) is 11.3. The molecule has 1 fully saturated rings. The van der Waals surface area contributed by atoms with Gasteiger partial charge >= 0.3 is 0 Å². The van der Waals surface area contributed by atoms with Gasteiger partial charge in [-0.3, -0.25) is 9.59 Å². The number of hydrogen-bond acceptors (Lipinski definition) is 2. The predicted octanol–water partition coefficient (Wildman–Crippen LogP) is 2.05. The van der Waals surface area contributed by atoms with Gasteiger partial charge in [0, 0.05) is 38.2 Å². The van der Waals surface area contributed by atoms with Crippen LogP contribution in [0.3, 0.4) is 0 Å². The van der Waals surface area contributed by atoms with Crippen molar-refractivity contribution in [2.75, 3.05) is 24.5 Å². The summed E-state index contributed by atoms with van der Waals surface area (Å²) in [7, 11) is 0. The zero-order valence-corrected chi connectivity index (χ0v) is 11.3. The lowest BCUT2D eigenvalue weighted by molar-refractivity contribution is -0.131. The van der Waals surface area contributed by atoms with Gasteiger partial charge in [0.1, 0.15) is 0 Å². The van der Waals surface area contributed by atoms with Crippen molar-refractivity contribution in [2.24, 2.45) is 0 Å². The first kappa shape index (κ1) is 13.6. The lowest BCUT2D eigenvalue weighted by Gasteiger charge is -2.22. The van der Waals surface area contributed by atoms with Crippen LogP contribution in [0.4, 0.5) is 5.69 Å². The second kappa shape index (κ2) is 6.36. The highest BCUT2D eigenvalue weighted by Crippen LogP contribution is 2.17. The molecule has 2 rings (SSSR count). The number of hydrogen-bond donors (Lipinski definition) is 0. The fraction of sp³-hybridized carbons (Fsp3) is 0.467. The molecule has 0 aliphatic carbocycles. The number of nitrogens with zero attached hydrogens (tertiary/aromatic N) is 2. The highest BCUT2D eigenvalue weighted by molar-refractivity contribution is 5.94. The van der Waals surface area contributed by atoms with Crippen molar-refractivity contribution in [3.05, 3.63) is 30.3 Å². The van der Waals surface area contributed by atoms with Gasteiger partial charge in [-0.25, -0.2) is 0 Å². The van der Waals surface area contributed by atoms with Crippen molar-refractivity contribution in [1.29, 1.82) is 0 Å². The van der Waals surface area contributed by atoms with Crippen LogP contribution >= 0.6 is 0 Å². The number of carbonyl (C=O) groups excluding carboxylic acids is 2. The first-order valence-corrected chi connectivity index (χ1v) is 6.85. The maximum Gasteiger partial charge on any atom is 0.228 e. The standard InChI is InChI=1S/C15H20N2O2/c1-2-6-14(18)16-10-9-15(19)17(12-11-16)13-7-4-3-5-8-13/h3-5,7-8H,2,6,9-12H2,1H3. The summed E-state index contributed by atoms with van der Waals surface area (Å²) in [5.74, 6) is 0.253. The average Bonchev–Trinajstić information content (AvgIpc) is 2.62. The van der Waals surface area contributed by atoms with Crippen LogP contribution in [0.1, 0.15) is 26.2 Å². The molecule has 1 saturated heterocycles. The van der Waals surface area contributed by atoms with E-state index in [4.69, 9.17) is 0 Å². The molecule has 0 aromatic heterocycles. The van der Waals surface area contributed by atoms with Gasteiger partial charge in [0.15, 0.2) is 0 Å². The minimum absolute atomic E-state index is 0.0954. The van der Waals surface area contributed by atoms with Gasteiger partial charge < -0.3 is 9.80 Å². The molecule has 102 valence electrons. The van der Waals surface area contributed by atoms with Crippen LogP contribution in [0.5, 0.6) is 0 Å². The van der Waals surface area contributed by atoms with E-state index < -0.39 is 0 Å². The minimum atomic E-state index is 0.0954. The first-order chi connectivity index (χ1) is 9.22. The number of anilines is 1. The Bertz CT molecular complexity index is 445. The number of amides is 2. The second-order valence-corrected chi connectivity index (χ2v) is 4.76. The van der Waals surface area contributed by atoms with E-state index in [0.29, 0.717) is 32.5 Å². The lowest BCUT2D eigenvalue weighted by atomic mass is 10.2. The van der Waals surface area contributed by atoms with E-state index >= 15 is 0 Å². The molecule has 0 spiro atoms. The largest absolute Gasteiger partial charge is 0.340 e. The summed E-state index contributed by atoms with van der Waals surface area (Å²) in [6.45, 7) is 3.75. The summed E-state index contributed by atoms with van der Waals surface area (Å²) in [5.41, 5.74) is 0.914. The SMILES string of the molecule is CCCC(=O)N1CCC(=O)N(c2ccccc2)CC1. The topological polar surface area (TPSA) is 40.6 Å². The van der Waals surface area contributed by atoms with Crippen LogP contribution in [0, 0.1) is 0 Å². The van der Waals surface area contributed by atoms with Gasteiger partial charge in [-0.05, 0) is 18.6 Å². The van der Waals surface area contributed by atoms with Gasteiger partial charge in [0.25, 0.3) is 0 Å². The summed E-state index contributed by atoms with van der Waals surface area (Å²) in [5, 5.41) is 0. The van der Waals surface area contributed by atoms with Gasteiger partial charge in [-0.2, -0.15) is 0 Å². The molecule has 0 radical (unpaired) electrons. The molecule has 2 amide bonds. The molecule has 4 nitrogen and oxygen atoms in total. The molecular formula is C15H20N2O2. The average molecular weight is 260 g/mol. The molecule has 1 aliphatic heterocycles. The Morgan fingerprint density at radius 1 is 1.16 bits per heavy atom. The predicted molar refractivity (Wildman–Crippen MR) is 74.9 cm³/mol. The van der Waals surface area contributed by atoms with E-state index in [2.05, 4.69) is 0 Å². The van der Waals surface area contributed by atoms with E-state index in [1.54, 1.807) is 4.90 Å². The molecule has 0 unspecified atom stereocenters. The van der Waals surface area contributed by atoms with Crippen molar-refractivity contribution in [3.8, 4) is 0 Å². The Kier molecular flexibility index (Phi) is 4.55. The molecule has 0 bridgehead atoms. The van der Waals surface area contributed by atoms with E-state index in [1.165, 1.54) is 0 Å². The van der Waals surface area contributed by atoms with E-state index in [9.17, 15) is 9.59 Å². The van der Waals surface area contributed by atoms with Crippen LogP contribution in [-0.4, -0.2) is 36.3 Å². The quantitative estimate of drug-likeness (QED) is 0.834. The third kappa shape index (κ3) is 3.34. The molecule has 1 aromatic carbocycles. The van der Waals surface area contributed by atoms with Gasteiger partial charge in [-0.1, -0.05) is 25.1 Å². The number of benzene rings is 1. The van der Waals surface area contributed by atoms with Crippen molar-refractivity contribution >= 4 is 17.5 Å². The van der Waals surface area contributed by atoms with Crippen LogP contribution < -0.4 is 4.90 Å². The Morgan fingerprint density at radius 2 is 1.89 bits per heavy atom. The Balaban J connectivity index is 2.06. The normalized spacial score (nSPS) is 16.4. The third-order valence-corrected chi connectivity index (χ3v) is 3.37. The van der Waals surface area contributed by atoms with Crippen LogP contribution in [0.15, 0.2) is 30.3 Å². The number of para-hydroxylation sites is 1. The lowest BCUT2D eigenvalue weighted by Crippen LogP contribution is -2.35. The summed E-state index contributed by atoms with van der Waals surface area (Å²) >= 11 is 0. The molecule has 0 N–H and O–H groups in total. The van der Waals surface area contributed by atoms with E-state index in [-0.39, 0.29) is 11.8 Å². The molecule has 1 aromatic rings. The van der Waals surface area contributed by atoms with Gasteiger partial charge in [-0.15, -0.1) is 0 Å². The van der Waals surface area contributed by atoms with Gasteiger partial charge in [0.2, 0.25) is 11.8 Å². The highest BCUT2D eigenvalue weighted by Gasteiger charge is 2.23. The maximum atomic E-state index is 12.1. The number of rotatable bonds is 3. The summed E-state index contributed by atoms with van der Waals surface area (Å²) in [6.07, 6.45) is 1.83. The number of carbonyl (C=O) groups is 2. The fourth-order valence-corrected chi connectivity index (χ4v) is 2.33. The summed E-state index contributed by atoms with van der Waals surface area (Å²) in [6, 6.07) is 9.65. The first-order valence-electron chi connectivity index (χ1n) is 6.85. The highest BCUT2D eigenvalue weighted by atomic mass is 16.2. The van der Waals surface area contributed by atoms with Crippen molar-refractivity contribution in [2.45, 2.75) is 26.2 Å². The summed E-state index contributed by atoms with van der Waals surface area (Å²) < 4.78 is 0. The molecule has 1 aliphatic rings. The minimum Gasteiger partial charge on any atom is -0.340 e. The summed E-state index contributed by atoms with van der Waals surface area (Å²) in [4.78, 5) is 27.6. The van der Waals surface area contributed by atoms with Crippen LogP contribution in [0.2, 0.25) is 0 Å². The second-order valence-electron chi connectivity index (χ2n) is 4.76. The van der Waals surface area contributed by atoms with Crippen molar-refractivity contribution in [3.63, 3.8) is 0 Å². The fourth-order valence-electron chi connectivity index (χ4n) is 2.33. The molecule has 19 heavy (non-hydrogen) atoms. The Labute approximate surface area is 114 Å². The smallest absolute Gasteiger partial charge is 0.228 e. The maximum absolute atomic E-state index is 12.1. The Hall–Kier alpha value is -1.84. The van der Waals surface area contributed by atoms with Gasteiger partial charge in [0.05, 0.1) is 0 Å². The third-order valence-electron chi connectivity index (χ3n) is 3.37. The molecule has 1 heterocycles.